The summed E-state index contributed by atoms with van der Waals surface area (Å²) in [4.78, 5) is 0. The highest BCUT2D eigenvalue weighted by Crippen LogP contribution is 2.40. The molecule has 0 aromatic carbocycles. The van der Waals surface area contributed by atoms with E-state index < -0.39 is 15.3 Å². The smallest absolute Gasteiger partial charge is 0.219 e. The summed E-state index contributed by atoms with van der Waals surface area (Å²) in [5.74, 6) is 0. The largest absolute Gasteiger partial charge is 0.497 e. The Morgan fingerprint density at radius 3 is 1.83 bits per heavy atom. The van der Waals surface area contributed by atoms with Crippen LogP contribution >= 0.6 is 0 Å². The van der Waals surface area contributed by atoms with E-state index in [0.29, 0.717) is 12.8 Å². The van der Waals surface area contributed by atoms with Gasteiger partial charge in [0.25, 0.3) is 9.84 Å². The fraction of sp³-hybridized carbons (Fsp3) is 0.833. The van der Waals surface area contributed by atoms with E-state index in [1.54, 1.807) is 0 Å². The molecule has 1 fully saturated rings. The second-order valence-electron chi connectivity index (χ2n) is 2.69. The molecule has 6 heteroatoms. The van der Waals surface area contributed by atoms with E-state index in [-0.39, 0.29) is 18.1 Å². The number of hydrogen-bond donors (Lipinski definition) is 0. The van der Waals surface area contributed by atoms with Crippen molar-refractivity contribution >= 4 is 9.84 Å². The molecule has 1 aliphatic carbocycles. The molecular weight excluding hydrogens is 193 g/mol. The van der Waals surface area contributed by atoms with Crippen LogP contribution in [-0.4, -0.2) is 13.9 Å². The van der Waals surface area contributed by atoms with Gasteiger partial charge in [0.15, 0.2) is 0 Å². The average molecular weight is 201 g/mol. The van der Waals surface area contributed by atoms with Gasteiger partial charge in [-0.3, -0.25) is 0 Å². The van der Waals surface area contributed by atoms with Gasteiger partial charge < -0.3 is 0 Å². The van der Waals surface area contributed by atoms with Crippen molar-refractivity contribution in [3.05, 3.63) is 5.25 Å². The van der Waals surface area contributed by atoms with Crippen molar-refractivity contribution in [2.75, 3.05) is 0 Å². The molecular formula is C6H8F3O2S. The molecule has 0 bridgehead atoms. The van der Waals surface area contributed by atoms with Gasteiger partial charge >= 0.3 is 5.51 Å². The molecule has 0 atom stereocenters. The van der Waals surface area contributed by atoms with Crippen LogP contribution in [0.15, 0.2) is 0 Å². The Bertz CT molecular complexity index is 248. The van der Waals surface area contributed by atoms with Crippen LogP contribution in [-0.2, 0) is 9.84 Å². The van der Waals surface area contributed by atoms with Crippen LogP contribution in [0, 0.1) is 5.25 Å². The van der Waals surface area contributed by atoms with Crippen molar-refractivity contribution in [3.63, 3.8) is 0 Å². The molecule has 12 heavy (non-hydrogen) atoms. The van der Waals surface area contributed by atoms with Crippen molar-refractivity contribution in [3.8, 4) is 0 Å². The second kappa shape index (κ2) is 2.90. The van der Waals surface area contributed by atoms with E-state index in [4.69, 9.17) is 0 Å². The Morgan fingerprint density at radius 2 is 1.50 bits per heavy atom. The summed E-state index contributed by atoms with van der Waals surface area (Å²) in [7, 11) is -4.96. The minimum absolute atomic E-state index is 0.0713. The first-order valence-electron chi connectivity index (χ1n) is 3.52. The van der Waals surface area contributed by atoms with E-state index in [1.165, 1.54) is 0 Å². The third-order valence-corrected chi connectivity index (χ3v) is 3.62. The summed E-state index contributed by atoms with van der Waals surface area (Å²) in [6, 6.07) is 0. The molecule has 0 spiro atoms. The summed E-state index contributed by atoms with van der Waals surface area (Å²) >= 11 is 0. The normalized spacial score (nSPS) is 21.6. The van der Waals surface area contributed by atoms with Gasteiger partial charge in [-0.25, -0.2) is 8.42 Å². The molecule has 0 aromatic rings. The van der Waals surface area contributed by atoms with Gasteiger partial charge in [0.1, 0.15) is 5.25 Å². The molecule has 71 valence electrons. The Balaban J connectivity index is 2.85. The second-order valence-corrected chi connectivity index (χ2v) is 4.74. The Kier molecular flexibility index (Phi) is 2.38. The lowest BCUT2D eigenvalue weighted by Gasteiger charge is -2.12. The quantitative estimate of drug-likeness (QED) is 0.650. The maximum absolute atomic E-state index is 11.9. The molecule has 0 N–H and O–H groups in total. The van der Waals surface area contributed by atoms with E-state index in [9.17, 15) is 21.6 Å². The molecule has 1 rings (SSSR count). The van der Waals surface area contributed by atoms with Crippen LogP contribution in [0.3, 0.4) is 0 Å². The minimum Gasteiger partial charge on any atom is -0.219 e. The number of sulfone groups is 1. The molecule has 0 unspecified atom stereocenters. The number of rotatable bonds is 1. The van der Waals surface area contributed by atoms with Gasteiger partial charge in [0.05, 0.1) is 0 Å². The standard InChI is InChI=1S/C6H8F3O2S/c7-6(8,9)12(10,11)5-3-1-2-4-5/h1-4H2. The SMILES string of the molecule is O=S(=O)([C]1CCCC1)C(F)(F)F. The predicted molar refractivity (Wildman–Crippen MR) is 36.7 cm³/mol. The Morgan fingerprint density at radius 1 is 1.08 bits per heavy atom. The zero-order valence-electron chi connectivity index (χ0n) is 6.19. The first kappa shape index (κ1) is 9.83. The monoisotopic (exact) mass is 201 g/mol. The van der Waals surface area contributed by atoms with Crippen LogP contribution in [0.1, 0.15) is 25.7 Å². The molecule has 0 saturated heterocycles. The highest BCUT2D eigenvalue weighted by Gasteiger charge is 2.51. The summed E-state index contributed by atoms with van der Waals surface area (Å²) in [5, 5.41) is -0.352. The van der Waals surface area contributed by atoms with Gasteiger partial charge in [-0.15, -0.1) is 0 Å². The third-order valence-electron chi connectivity index (χ3n) is 1.85. The summed E-state index contributed by atoms with van der Waals surface area (Å²) < 4.78 is 57.0. The van der Waals surface area contributed by atoms with Crippen LogP contribution in [0.2, 0.25) is 0 Å². The van der Waals surface area contributed by atoms with Crippen molar-refractivity contribution in [2.24, 2.45) is 0 Å². The first-order chi connectivity index (χ1) is 5.36. The fourth-order valence-electron chi connectivity index (χ4n) is 1.20. The summed E-state index contributed by atoms with van der Waals surface area (Å²) in [6.45, 7) is 0. The molecule has 2 nitrogen and oxygen atoms in total. The molecule has 0 heterocycles. The van der Waals surface area contributed by atoms with E-state index in [0.717, 1.165) is 0 Å². The van der Waals surface area contributed by atoms with Crippen molar-refractivity contribution in [1.29, 1.82) is 0 Å². The molecule has 0 amide bonds. The molecule has 0 aliphatic heterocycles. The number of alkyl halides is 3. The minimum atomic E-state index is -5.10. The predicted octanol–water partition coefficient (Wildman–Crippen LogP) is 2.03. The number of hydrogen-bond acceptors (Lipinski definition) is 2. The molecule has 1 radical (unpaired) electrons. The summed E-state index contributed by atoms with van der Waals surface area (Å²) in [6.07, 6.45) is 1.24. The van der Waals surface area contributed by atoms with Crippen LogP contribution in [0.5, 0.6) is 0 Å². The van der Waals surface area contributed by atoms with Gasteiger partial charge in [-0.1, -0.05) is 12.8 Å². The van der Waals surface area contributed by atoms with Crippen LogP contribution in [0.25, 0.3) is 0 Å². The maximum Gasteiger partial charge on any atom is 0.497 e. The molecule has 0 aromatic heterocycles. The summed E-state index contributed by atoms with van der Waals surface area (Å²) in [5.41, 5.74) is -5.10. The van der Waals surface area contributed by atoms with E-state index in [2.05, 4.69) is 0 Å². The van der Waals surface area contributed by atoms with Crippen LogP contribution < -0.4 is 0 Å². The highest BCUT2D eigenvalue weighted by atomic mass is 32.2. The topological polar surface area (TPSA) is 34.1 Å². The lowest BCUT2D eigenvalue weighted by molar-refractivity contribution is -0.0434. The maximum atomic E-state index is 11.9. The zero-order chi connectivity index (χ0) is 9.41. The first-order valence-corrected chi connectivity index (χ1v) is 5.00. The Hall–Kier alpha value is -0.260. The van der Waals surface area contributed by atoms with Gasteiger partial charge in [0, 0.05) is 0 Å². The molecule has 1 saturated carbocycles. The Labute approximate surface area is 68.7 Å². The lowest BCUT2D eigenvalue weighted by Crippen LogP contribution is -2.27. The fourth-order valence-corrected chi connectivity index (χ4v) is 2.36. The van der Waals surface area contributed by atoms with Gasteiger partial charge in [-0.2, -0.15) is 13.2 Å². The third kappa shape index (κ3) is 1.57. The van der Waals surface area contributed by atoms with Crippen molar-refractivity contribution < 1.29 is 21.6 Å². The lowest BCUT2D eigenvalue weighted by atomic mass is 10.4. The molecule has 1 aliphatic rings. The van der Waals surface area contributed by atoms with E-state index >= 15 is 0 Å². The van der Waals surface area contributed by atoms with Crippen LogP contribution in [0.4, 0.5) is 13.2 Å². The average Bonchev–Trinajstić information content (AvgIpc) is 2.34. The van der Waals surface area contributed by atoms with E-state index in [1.807, 2.05) is 0 Å². The van der Waals surface area contributed by atoms with Gasteiger partial charge in [-0.05, 0) is 12.8 Å². The van der Waals surface area contributed by atoms with Gasteiger partial charge in [0.2, 0.25) is 0 Å². The highest BCUT2D eigenvalue weighted by molar-refractivity contribution is 7.95. The zero-order valence-corrected chi connectivity index (χ0v) is 7.00. The van der Waals surface area contributed by atoms with Crippen molar-refractivity contribution in [2.45, 2.75) is 31.2 Å². The number of halogens is 3. The van der Waals surface area contributed by atoms with Crippen molar-refractivity contribution in [1.82, 2.24) is 0 Å².